The fraction of sp³-hybridized carbons (Fsp3) is 0.333. The second-order valence-corrected chi connectivity index (χ2v) is 5.72. The van der Waals surface area contributed by atoms with Crippen molar-refractivity contribution in [3.05, 3.63) is 41.6 Å². The zero-order valence-corrected chi connectivity index (χ0v) is 12.9. The van der Waals surface area contributed by atoms with Crippen molar-refractivity contribution in [2.75, 3.05) is 17.7 Å². The number of aromatic nitrogens is 1. The lowest BCUT2D eigenvalue weighted by Gasteiger charge is -2.09. The van der Waals surface area contributed by atoms with Crippen molar-refractivity contribution in [1.82, 2.24) is 4.98 Å². The van der Waals surface area contributed by atoms with E-state index in [9.17, 15) is 4.79 Å². The normalized spacial score (nSPS) is 10.6. The molecule has 0 radical (unpaired) electrons. The van der Waals surface area contributed by atoms with E-state index in [0.717, 1.165) is 10.6 Å². The van der Waals surface area contributed by atoms with Crippen LogP contribution in [0.5, 0.6) is 0 Å². The van der Waals surface area contributed by atoms with Gasteiger partial charge in [0.15, 0.2) is 0 Å². The highest BCUT2D eigenvalue weighted by Gasteiger charge is 2.15. The van der Waals surface area contributed by atoms with Crippen LogP contribution in [0, 0.1) is 13.8 Å². The lowest BCUT2D eigenvalue weighted by molar-refractivity contribution is 0.102. The summed E-state index contributed by atoms with van der Waals surface area (Å²) in [5, 5.41) is 11.7. The number of pyridine rings is 1. The maximum Gasteiger partial charge on any atom is 0.259 e. The fourth-order valence-electron chi connectivity index (χ4n) is 1.89. The lowest BCUT2D eigenvalue weighted by Crippen LogP contribution is -2.13. The topological polar surface area (TPSA) is 75.4 Å². The minimum absolute atomic E-state index is 0.160. The van der Waals surface area contributed by atoms with E-state index < -0.39 is 0 Å². The van der Waals surface area contributed by atoms with Crippen molar-refractivity contribution in [2.24, 2.45) is 0 Å². The Morgan fingerprint density at radius 3 is 2.95 bits per heavy atom. The molecule has 5 nitrogen and oxygen atoms in total. The van der Waals surface area contributed by atoms with Gasteiger partial charge >= 0.3 is 0 Å². The highest BCUT2D eigenvalue weighted by Crippen LogP contribution is 2.27. The van der Waals surface area contributed by atoms with E-state index in [1.165, 1.54) is 0 Å². The van der Waals surface area contributed by atoms with Gasteiger partial charge in [-0.1, -0.05) is 0 Å². The van der Waals surface area contributed by atoms with E-state index in [-0.39, 0.29) is 12.5 Å². The number of aryl methyl sites for hydroxylation is 2. The van der Waals surface area contributed by atoms with E-state index in [1.807, 2.05) is 13.0 Å². The smallest absolute Gasteiger partial charge is 0.259 e. The van der Waals surface area contributed by atoms with Crippen molar-refractivity contribution in [1.29, 1.82) is 0 Å². The molecule has 2 aromatic heterocycles. The molecule has 2 rings (SSSR count). The molecule has 0 aromatic carbocycles. The van der Waals surface area contributed by atoms with Gasteiger partial charge in [-0.25, -0.2) is 0 Å². The summed E-state index contributed by atoms with van der Waals surface area (Å²) in [4.78, 5) is 17.3. The predicted octanol–water partition coefficient (Wildman–Crippen LogP) is 3.02. The molecule has 0 spiro atoms. The van der Waals surface area contributed by atoms with Crippen molar-refractivity contribution in [3.63, 3.8) is 0 Å². The minimum Gasteiger partial charge on any atom is -0.466 e. The van der Waals surface area contributed by atoms with Gasteiger partial charge in [0.1, 0.15) is 11.5 Å². The Labute approximate surface area is 127 Å². The van der Waals surface area contributed by atoms with Crippen LogP contribution >= 0.6 is 11.8 Å². The van der Waals surface area contributed by atoms with Crippen molar-refractivity contribution < 1.29 is 14.3 Å². The van der Waals surface area contributed by atoms with E-state index in [4.69, 9.17) is 9.52 Å². The molecule has 0 aliphatic heterocycles. The molecule has 112 valence electrons. The highest BCUT2D eigenvalue weighted by molar-refractivity contribution is 7.99. The summed E-state index contributed by atoms with van der Waals surface area (Å²) in [5.41, 5.74) is 1.20. The second-order valence-electron chi connectivity index (χ2n) is 4.58. The van der Waals surface area contributed by atoms with E-state index in [2.05, 4.69) is 10.3 Å². The van der Waals surface area contributed by atoms with E-state index in [1.54, 1.807) is 37.1 Å². The number of thioether (sulfide) groups is 1. The van der Waals surface area contributed by atoms with Crippen LogP contribution < -0.4 is 5.32 Å². The number of nitrogens with zero attached hydrogens (tertiary/aromatic N) is 1. The number of anilines is 1. The molecule has 21 heavy (non-hydrogen) atoms. The van der Waals surface area contributed by atoms with Crippen LogP contribution in [0.15, 0.2) is 33.8 Å². The van der Waals surface area contributed by atoms with Crippen LogP contribution in [0.3, 0.4) is 0 Å². The number of hydrogen-bond acceptors (Lipinski definition) is 5. The van der Waals surface area contributed by atoms with E-state index >= 15 is 0 Å². The van der Waals surface area contributed by atoms with Gasteiger partial charge in [0.05, 0.1) is 17.4 Å². The third-order valence-corrected chi connectivity index (χ3v) is 4.03. The molecule has 0 bridgehead atoms. The standard InChI is InChI=1S/C15H18N2O3S/c1-10-8-12(11(2)20-10)15(19)17-13-9-16-5-4-14(13)21-7-3-6-18/h4-5,8-9,18H,3,6-7H2,1-2H3,(H,17,19). The summed E-state index contributed by atoms with van der Waals surface area (Å²) in [5.74, 6) is 1.89. The molecule has 0 aliphatic carbocycles. The molecule has 1 amide bonds. The minimum atomic E-state index is -0.207. The first-order chi connectivity index (χ1) is 10.1. The van der Waals surface area contributed by atoms with Crippen molar-refractivity contribution >= 4 is 23.4 Å². The van der Waals surface area contributed by atoms with Gasteiger partial charge in [0.25, 0.3) is 5.91 Å². The Kier molecular flexibility index (Phi) is 5.41. The quantitative estimate of drug-likeness (QED) is 0.634. The molecule has 0 saturated heterocycles. The predicted molar refractivity (Wildman–Crippen MR) is 82.8 cm³/mol. The van der Waals surface area contributed by atoms with Crippen molar-refractivity contribution in [2.45, 2.75) is 25.2 Å². The Morgan fingerprint density at radius 1 is 1.48 bits per heavy atom. The third-order valence-electron chi connectivity index (χ3n) is 2.87. The molecule has 0 saturated carbocycles. The molecule has 2 aromatic rings. The summed E-state index contributed by atoms with van der Waals surface area (Å²) in [7, 11) is 0. The number of aliphatic hydroxyl groups is 1. The molecule has 0 aliphatic rings. The molecule has 0 fully saturated rings. The molecule has 0 atom stereocenters. The van der Waals surface area contributed by atoms with Crippen LogP contribution in [-0.2, 0) is 0 Å². The number of carbonyl (C=O) groups is 1. The first kappa shape index (κ1) is 15.6. The number of rotatable bonds is 6. The van der Waals surface area contributed by atoms with Crippen molar-refractivity contribution in [3.8, 4) is 0 Å². The lowest BCUT2D eigenvalue weighted by atomic mass is 10.2. The summed E-state index contributed by atoms with van der Waals surface area (Å²) < 4.78 is 5.37. The maximum absolute atomic E-state index is 12.3. The Bertz CT molecular complexity index is 625. The SMILES string of the molecule is Cc1cc(C(=O)Nc2cnccc2SCCCO)c(C)o1. The number of amides is 1. The first-order valence-corrected chi connectivity index (χ1v) is 7.66. The van der Waals surface area contributed by atoms with Crippen LogP contribution in [0.4, 0.5) is 5.69 Å². The zero-order valence-electron chi connectivity index (χ0n) is 12.0. The number of nitrogens with one attached hydrogen (secondary N) is 1. The summed E-state index contributed by atoms with van der Waals surface area (Å²) in [6, 6.07) is 3.57. The second kappa shape index (κ2) is 7.28. The maximum atomic E-state index is 12.3. The van der Waals surface area contributed by atoms with Gasteiger partial charge < -0.3 is 14.8 Å². The van der Waals surface area contributed by atoms with Gasteiger partial charge in [-0.15, -0.1) is 11.8 Å². The van der Waals surface area contributed by atoms with Crippen LogP contribution in [-0.4, -0.2) is 28.4 Å². The van der Waals surface area contributed by atoms with Gasteiger partial charge in [0.2, 0.25) is 0 Å². The zero-order chi connectivity index (χ0) is 15.2. The monoisotopic (exact) mass is 306 g/mol. The Hall–Kier alpha value is -1.79. The summed E-state index contributed by atoms with van der Waals surface area (Å²) >= 11 is 1.58. The fourth-order valence-corrected chi connectivity index (χ4v) is 2.80. The number of carbonyl (C=O) groups excluding carboxylic acids is 1. The molecule has 0 unspecified atom stereocenters. The summed E-state index contributed by atoms with van der Waals surface area (Å²) in [6.45, 7) is 3.74. The van der Waals surface area contributed by atoms with Crippen LogP contribution in [0.1, 0.15) is 28.3 Å². The van der Waals surface area contributed by atoms with Gasteiger partial charge in [-0.05, 0) is 32.4 Å². The molecule has 2 N–H and O–H groups in total. The Balaban J connectivity index is 2.12. The van der Waals surface area contributed by atoms with Crippen LogP contribution in [0.2, 0.25) is 0 Å². The number of aliphatic hydroxyl groups excluding tert-OH is 1. The highest BCUT2D eigenvalue weighted by atomic mass is 32.2. The number of furan rings is 1. The molecule has 2 heterocycles. The molecule has 6 heteroatoms. The first-order valence-electron chi connectivity index (χ1n) is 6.68. The van der Waals surface area contributed by atoms with Crippen LogP contribution in [0.25, 0.3) is 0 Å². The third kappa shape index (κ3) is 4.09. The van der Waals surface area contributed by atoms with E-state index in [0.29, 0.717) is 29.2 Å². The average molecular weight is 306 g/mol. The van der Waals surface area contributed by atoms with Gasteiger partial charge in [-0.2, -0.15) is 0 Å². The largest absolute Gasteiger partial charge is 0.466 e. The molecular formula is C15H18N2O3S. The van der Waals surface area contributed by atoms with Gasteiger partial charge in [-0.3, -0.25) is 9.78 Å². The van der Waals surface area contributed by atoms with Gasteiger partial charge in [0, 0.05) is 23.5 Å². The molecular weight excluding hydrogens is 288 g/mol. The Morgan fingerprint density at radius 2 is 2.29 bits per heavy atom. The summed E-state index contributed by atoms with van der Waals surface area (Å²) in [6.07, 6.45) is 4.02. The average Bonchev–Trinajstić information content (AvgIpc) is 2.80. The number of hydrogen-bond donors (Lipinski definition) is 2.